The van der Waals surface area contributed by atoms with E-state index in [-0.39, 0.29) is 49.1 Å². The largest absolute Gasteiger partial charge is 0.444 e. The van der Waals surface area contributed by atoms with E-state index >= 15 is 0 Å². The third kappa shape index (κ3) is 14.6. The van der Waals surface area contributed by atoms with E-state index in [0.717, 1.165) is 22.0 Å². The topological polar surface area (TPSA) is 162 Å². The lowest BCUT2D eigenvalue weighted by atomic mass is 9.96. The van der Waals surface area contributed by atoms with Gasteiger partial charge in [-0.3, -0.25) is 14.4 Å². The van der Waals surface area contributed by atoms with Gasteiger partial charge in [0, 0.05) is 30.1 Å². The van der Waals surface area contributed by atoms with Crippen LogP contribution in [0.2, 0.25) is 0 Å². The fraction of sp³-hybridized carbons (Fsp3) is 0.500. The van der Waals surface area contributed by atoms with Crippen molar-refractivity contribution in [1.82, 2.24) is 26.3 Å². The molecule has 0 aliphatic rings. The predicted octanol–water partition coefficient (Wildman–Crippen LogP) is 5.85. The Bertz CT molecular complexity index is 1590. The molecular weight excluding hydrogens is 646 g/mol. The normalized spacial score (nSPS) is 14.2. The maximum absolute atomic E-state index is 13.9. The van der Waals surface area contributed by atoms with Gasteiger partial charge in [-0.25, -0.2) is 4.79 Å². The Labute approximate surface area is 302 Å². The summed E-state index contributed by atoms with van der Waals surface area (Å²) in [4.78, 5) is 55.1. The van der Waals surface area contributed by atoms with Crippen LogP contribution in [0.5, 0.6) is 0 Å². The van der Waals surface area contributed by atoms with Gasteiger partial charge in [-0.05, 0) is 69.1 Å². The highest BCUT2D eigenvalue weighted by atomic mass is 16.6. The molecule has 1 aromatic heterocycles. The Morgan fingerprint density at radius 2 is 1.51 bits per heavy atom. The van der Waals surface area contributed by atoms with Gasteiger partial charge in [0.25, 0.3) is 0 Å². The van der Waals surface area contributed by atoms with E-state index in [4.69, 9.17) is 4.74 Å². The molecule has 3 aromatic rings. The Kier molecular flexibility index (Phi) is 15.7. The van der Waals surface area contributed by atoms with Crippen LogP contribution in [-0.4, -0.2) is 64.2 Å². The fourth-order valence-electron chi connectivity index (χ4n) is 5.83. The summed E-state index contributed by atoms with van der Waals surface area (Å²) in [6, 6.07) is 15.9. The van der Waals surface area contributed by atoms with Gasteiger partial charge in [0.15, 0.2) is 0 Å². The maximum Gasteiger partial charge on any atom is 0.407 e. The molecule has 0 saturated heterocycles. The number of carbonyl (C=O) groups is 4. The molecule has 2 aromatic carbocycles. The van der Waals surface area contributed by atoms with Gasteiger partial charge in [-0.15, -0.1) is 0 Å². The average molecular weight is 704 g/mol. The molecule has 1 heterocycles. The number of benzene rings is 2. The highest BCUT2D eigenvalue weighted by Crippen LogP contribution is 2.25. The van der Waals surface area contributed by atoms with E-state index in [1.807, 2.05) is 82.4 Å². The zero-order chi connectivity index (χ0) is 37.6. The number of amides is 4. The Morgan fingerprint density at radius 1 is 0.843 bits per heavy atom. The molecule has 3 rings (SSSR count). The number of alkyl carbamates (subject to hydrolysis) is 1. The number of H-pyrrole nitrogens is 1. The molecule has 11 nitrogen and oxygen atoms in total. The van der Waals surface area contributed by atoms with Crippen LogP contribution in [0.15, 0.2) is 72.9 Å². The van der Waals surface area contributed by atoms with Crippen LogP contribution in [-0.2, 0) is 25.5 Å². The molecule has 0 bridgehead atoms. The first-order valence-electron chi connectivity index (χ1n) is 17.9. The molecular formula is C40H57N5O6. The van der Waals surface area contributed by atoms with Gasteiger partial charge in [0.05, 0.1) is 24.6 Å². The Balaban J connectivity index is 1.63. The van der Waals surface area contributed by atoms with Crippen molar-refractivity contribution in [2.75, 3.05) is 6.54 Å². The number of aliphatic hydroxyl groups is 1. The summed E-state index contributed by atoms with van der Waals surface area (Å²) in [6.07, 6.45) is 4.66. The first-order chi connectivity index (χ1) is 24.1. The summed E-state index contributed by atoms with van der Waals surface area (Å²) in [5, 5.41) is 23.7. The van der Waals surface area contributed by atoms with Crippen molar-refractivity contribution in [3.63, 3.8) is 0 Å². The second-order valence-corrected chi connectivity index (χ2v) is 14.9. The molecule has 4 atom stereocenters. The van der Waals surface area contributed by atoms with Gasteiger partial charge in [0.1, 0.15) is 11.6 Å². The number of aromatic nitrogens is 1. The van der Waals surface area contributed by atoms with Crippen molar-refractivity contribution in [1.29, 1.82) is 0 Å². The minimum Gasteiger partial charge on any atom is -0.444 e. The minimum absolute atomic E-state index is 0.0290. The lowest BCUT2D eigenvalue weighted by molar-refractivity contribution is -0.131. The zero-order valence-corrected chi connectivity index (χ0v) is 31.1. The number of fused-ring (bicyclic) bond motifs is 1. The van der Waals surface area contributed by atoms with E-state index < -0.39 is 35.8 Å². The molecule has 0 saturated carbocycles. The number of hydrogen-bond donors (Lipinski definition) is 6. The lowest BCUT2D eigenvalue weighted by Gasteiger charge is -2.27. The second-order valence-electron chi connectivity index (χ2n) is 14.9. The van der Waals surface area contributed by atoms with E-state index in [2.05, 4.69) is 32.3 Å². The standard InChI is InChI=1S/C40H57N5O6/c1-26(2)21-33(43-36(47)19-13-14-20-41-39(50)51-40(5,6)7)35(46)24-37(48)44-34(22-27(3)4)38(49)45-32(28-15-9-8-10-16-28)23-29-25-42-31-18-12-11-17-30(29)31/h8-18,25-27,32-35,42,46H,19-24H2,1-7H3,(H,41,50)(H,43,47)(H,44,48)(H,45,49)/t32?,33-,34+,35-/m1/s1. The number of aliphatic hydroxyl groups excluding tert-OH is 1. The SMILES string of the molecule is CC(C)C[C@H](NC(=O)C[C@@H](O)[C@@H](CC(C)C)NC(=O)CC=CCNC(=O)OC(C)(C)C)C(=O)NC(Cc1c[nH]c2ccccc12)c1ccccc1. The highest BCUT2D eigenvalue weighted by Gasteiger charge is 2.29. The molecule has 0 spiro atoms. The van der Waals surface area contributed by atoms with Crippen LogP contribution >= 0.6 is 0 Å². The van der Waals surface area contributed by atoms with Gasteiger partial charge in [-0.1, -0.05) is 88.4 Å². The Morgan fingerprint density at radius 3 is 2.18 bits per heavy atom. The third-order valence-electron chi connectivity index (χ3n) is 8.14. The predicted molar refractivity (Wildman–Crippen MR) is 201 cm³/mol. The van der Waals surface area contributed by atoms with Crippen molar-refractivity contribution in [3.8, 4) is 0 Å². The number of aromatic amines is 1. The average Bonchev–Trinajstić information content (AvgIpc) is 3.45. The zero-order valence-electron chi connectivity index (χ0n) is 31.1. The number of hydrogen-bond acceptors (Lipinski definition) is 6. The maximum atomic E-state index is 13.9. The molecule has 0 aliphatic heterocycles. The number of carbonyl (C=O) groups excluding carboxylic acids is 4. The van der Waals surface area contributed by atoms with Crippen LogP contribution in [0.25, 0.3) is 10.9 Å². The van der Waals surface area contributed by atoms with Gasteiger partial charge in [0.2, 0.25) is 17.7 Å². The van der Waals surface area contributed by atoms with Crippen LogP contribution in [0.1, 0.15) is 91.3 Å². The number of para-hydroxylation sites is 1. The molecule has 11 heteroatoms. The van der Waals surface area contributed by atoms with Gasteiger partial charge < -0.3 is 36.1 Å². The van der Waals surface area contributed by atoms with Crippen LogP contribution in [0, 0.1) is 11.8 Å². The molecule has 0 fully saturated rings. The van der Waals surface area contributed by atoms with E-state index in [0.29, 0.717) is 19.3 Å². The minimum atomic E-state index is -1.17. The summed E-state index contributed by atoms with van der Waals surface area (Å²) in [5.74, 6) is -0.872. The second kappa shape index (κ2) is 19.7. The molecule has 0 radical (unpaired) electrons. The first kappa shape index (κ1) is 40.8. The summed E-state index contributed by atoms with van der Waals surface area (Å²) in [7, 11) is 0. The van der Waals surface area contributed by atoms with Crippen molar-refractivity contribution >= 4 is 34.7 Å². The fourth-order valence-corrected chi connectivity index (χ4v) is 5.83. The summed E-state index contributed by atoms with van der Waals surface area (Å²) >= 11 is 0. The number of ether oxygens (including phenoxy) is 1. The van der Waals surface area contributed by atoms with Gasteiger partial charge in [-0.2, -0.15) is 0 Å². The highest BCUT2D eigenvalue weighted by molar-refractivity contribution is 5.88. The van der Waals surface area contributed by atoms with Gasteiger partial charge >= 0.3 is 6.09 Å². The van der Waals surface area contributed by atoms with Crippen LogP contribution in [0.3, 0.4) is 0 Å². The van der Waals surface area contributed by atoms with Crippen molar-refractivity contribution in [2.24, 2.45) is 11.8 Å². The van der Waals surface area contributed by atoms with E-state index in [1.54, 1.807) is 32.9 Å². The monoisotopic (exact) mass is 703 g/mol. The van der Waals surface area contributed by atoms with Crippen LogP contribution < -0.4 is 21.3 Å². The lowest BCUT2D eigenvalue weighted by Crippen LogP contribution is -2.51. The number of nitrogens with one attached hydrogen (secondary N) is 5. The van der Waals surface area contributed by atoms with E-state index in [9.17, 15) is 24.3 Å². The molecule has 51 heavy (non-hydrogen) atoms. The third-order valence-corrected chi connectivity index (χ3v) is 8.14. The number of rotatable bonds is 18. The summed E-state index contributed by atoms with van der Waals surface area (Å²) in [6.45, 7) is 13.4. The molecule has 4 amide bonds. The Hall–Kier alpha value is -4.64. The molecule has 1 unspecified atom stereocenters. The van der Waals surface area contributed by atoms with Crippen molar-refractivity contribution in [2.45, 2.75) is 110 Å². The molecule has 0 aliphatic carbocycles. The van der Waals surface area contributed by atoms with Crippen LogP contribution in [0.4, 0.5) is 4.79 Å². The quantitative estimate of drug-likeness (QED) is 0.0911. The van der Waals surface area contributed by atoms with Crippen molar-refractivity contribution < 1.29 is 29.0 Å². The molecule has 6 N–H and O–H groups in total. The smallest absolute Gasteiger partial charge is 0.407 e. The van der Waals surface area contributed by atoms with Crippen molar-refractivity contribution in [3.05, 3.63) is 84.1 Å². The summed E-state index contributed by atoms with van der Waals surface area (Å²) in [5.41, 5.74) is 2.43. The molecule has 278 valence electrons. The van der Waals surface area contributed by atoms with E-state index in [1.165, 1.54) is 0 Å². The summed E-state index contributed by atoms with van der Waals surface area (Å²) < 4.78 is 5.19. The first-order valence-corrected chi connectivity index (χ1v) is 17.9.